The largest absolute Gasteiger partial charge is 0.381 e. The van der Waals surface area contributed by atoms with Crippen molar-refractivity contribution in [2.75, 3.05) is 5.32 Å². The molecule has 0 aliphatic carbocycles. The van der Waals surface area contributed by atoms with Gasteiger partial charge in [0.05, 0.1) is 0 Å². The Morgan fingerprint density at radius 3 is 2.84 bits per heavy atom. The first-order chi connectivity index (χ1) is 9.36. The van der Waals surface area contributed by atoms with Crippen molar-refractivity contribution in [1.29, 1.82) is 0 Å². The van der Waals surface area contributed by atoms with Gasteiger partial charge in [0.25, 0.3) is 0 Å². The van der Waals surface area contributed by atoms with Crippen molar-refractivity contribution < 1.29 is 0 Å². The smallest absolute Gasteiger partial charge is 0.0457 e. The van der Waals surface area contributed by atoms with Crippen molar-refractivity contribution >= 4 is 16.6 Å². The predicted molar refractivity (Wildman–Crippen MR) is 81.4 cm³/mol. The summed E-state index contributed by atoms with van der Waals surface area (Å²) in [5.41, 5.74) is 5.07. The minimum Gasteiger partial charge on any atom is -0.381 e. The van der Waals surface area contributed by atoms with Crippen molar-refractivity contribution in [3.05, 3.63) is 65.9 Å². The third-order valence-corrected chi connectivity index (χ3v) is 3.50. The van der Waals surface area contributed by atoms with E-state index in [0.717, 1.165) is 13.0 Å². The molecule has 0 radical (unpaired) electrons. The van der Waals surface area contributed by atoms with Gasteiger partial charge in [-0.1, -0.05) is 31.2 Å². The molecule has 2 heteroatoms. The van der Waals surface area contributed by atoms with Gasteiger partial charge in [-0.25, -0.2) is 0 Å². The topological polar surface area (TPSA) is 27.8 Å². The highest BCUT2D eigenvalue weighted by Gasteiger charge is 2.01. The highest BCUT2D eigenvalue weighted by Crippen LogP contribution is 2.19. The van der Waals surface area contributed by atoms with Crippen molar-refractivity contribution in [3.63, 3.8) is 0 Å². The van der Waals surface area contributed by atoms with Crippen molar-refractivity contribution in [2.45, 2.75) is 19.9 Å². The van der Waals surface area contributed by atoms with Crippen LogP contribution in [0.4, 0.5) is 5.69 Å². The molecule has 0 bridgehead atoms. The molecule has 0 amide bonds. The van der Waals surface area contributed by atoms with Crippen molar-refractivity contribution in [3.8, 4) is 0 Å². The van der Waals surface area contributed by atoms with E-state index in [-0.39, 0.29) is 0 Å². The molecule has 2 N–H and O–H groups in total. The minimum atomic E-state index is 0.850. The highest BCUT2D eigenvalue weighted by molar-refractivity contribution is 5.83. The summed E-state index contributed by atoms with van der Waals surface area (Å²) in [6, 6.07) is 17.1. The Labute approximate surface area is 113 Å². The third-order valence-electron chi connectivity index (χ3n) is 3.50. The third kappa shape index (κ3) is 2.48. The van der Waals surface area contributed by atoms with Gasteiger partial charge in [-0.05, 0) is 41.8 Å². The van der Waals surface area contributed by atoms with Crippen molar-refractivity contribution in [1.82, 2.24) is 4.98 Å². The fraction of sp³-hybridized carbons (Fsp3) is 0.176. The van der Waals surface area contributed by atoms with Gasteiger partial charge in [-0.2, -0.15) is 0 Å². The minimum absolute atomic E-state index is 0.850. The number of anilines is 1. The van der Waals surface area contributed by atoms with E-state index in [2.05, 4.69) is 65.8 Å². The first-order valence-electron chi connectivity index (χ1n) is 6.74. The molecule has 3 aromatic rings. The number of rotatable bonds is 4. The number of aryl methyl sites for hydroxylation is 1. The normalized spacial score (nSPS) is 10.8. The van der Waals surface area contributed by atoms with Gasteiger partial charge in [-0.15, -0.1) is 0 Å². The molecule has 0 atom stereocenters. The maximum Gasteiger partial charge on any atom is 0.0457 e. The molecular weight excluding hydrogens is 232 g/mol. The molecule has 0 saturated heterocycles. The molecule has 0 fully saturated rings. The lowest BCUT2D eigenvalue weighted by atomic mass is 10.1. The molecule has 96 valence electrons. The van der Waals surface area contributed by atoms with E-state index in [9.17, 15) is 0 Å². The molecule has 0 unspecified atom stereocenters. The number of hydrogen-bond acceptors (Lipinski definition) is 1. The van der Waals surface area contributed by atoms with Crippen molar-refractivity contribution in [2.24, 2.45) is 0 Å². The average Bonchev–Trinajstić information content (AvgIpc) is 2.94. The molecule has 1 aromatic heterocycles. The number of fused-ring (bicyclic) bond motifs is 1. The second-order valence-electron chi connectivity index (χ2n) is 4.76. The van der Waals surface area contributed by atoms with E-state index in [1.807, 2.05) is 6.20 Å². The SMILES string of the molecule is CCc1cccc(NCc2cccc3[nH]ccc23)c1. The first kappa shape index (κ1) is 11.8. The Morgan fingerprint density at radius 1 is 1.05 bits per heavy atom. The zero-order valence-corrected chi connectivity index (χ0v) is 11.1. The van der Waals surface area contributed by atoms with Crippen LogP contribution in [0.15, 0.2) is 54.7 Å². The quantitative estimate of drug-likeness (QED) is 0.708. The molecule has 2 aromatic carbocycles. The number of hydrogen-bond donors (Lipinski definition) is 2. The van der Waals surface area contributed by atoms with Crippen LogP contribution in [0, 0.1) is 0 Å². The van der Waals surface area contributed by atoms with Gasteiger partial charge in [0.1, 0.15) is 0 Å². The Hall–Kier alpha value is -2.22. The second-order valence-corrected chi connectivity index (χ2v) is 4.76. The standard InChI is InChI=1S/C17H18N2/c1-2-13-5-3-7-15(11-13)19-12-14-6-4-8-17-16(14)9-10-18-17/h3-11,18-19H,2,12H2,1H3. The zero-order chi connectivity index (χ0) is 13.1. The highest BCUT2D eigenvalue weighted by atomic mass is 14.9. The van der Waals surface area contributed by atoms with E-state index in [1.54, 1.807) is 0 Å². The molecule has 19 heavy (non-hydrogen) atoms. The van der Waals surface area contributed by atoms with Crippen LogP contribution in [0.5, 0.6) is 0 Å². The fourth-order valence-electron chi connectivity index (χ4n) is 2.40. The predicted octanol–water partition coefficient (Wildman–Crippen LogP) is 4.34. The van der Waals surface area contributed by atoms with Gasteiger partial charge < -0.3 is 10.3 Å². The number of nitrogens with one attached hydrogen (secondary N) is 2. The first-order valence-corrected chi connectivity index (χ1v) is 6.74. The fourth-order valence-corrected chi connectivity index (χ4v) is 2.40. The summed E-state index contributed by atoms with van der Waals surface area (Å²) in [5, 5.41) is 4.80. The summed E-state index contributed by atoms with van der Waals surface area (Å²) >= 11 is 0. The average molecular weight is 250 g/mol. The second kappa shape index (κ2) is 5.19. The van der Waals surface area contributed by atoms with E-state index in [1.165, 1.54) is 27.7 Å². The maximum atomic E-state index is 3.50. The van der Waals surface area contributed by atoms with E-state index in [0.29, 0.717) is 0 Å². The van der Waals surface area contributed by atoms with E-state index in [4.69, 9.17) is 0 Å². The molecule has 0 spiro atoms. The van der Waals surface area contributed by atoms with Crippen LogP contribution in [0.25, 0.3) is 10.9 Å². The van der Waals surface area contributed by atoms with Crippen LogP contribution in [-0.4, -0.2) is 4.98 Å². The van der Waals surface area contributed by atoms with Crippen LogP contribution in [0.1, 0.15) is 18.1 Å². The summed E-state index contributed by atoms with van der Waals surface area (Å²) in [5.74, 6) is 0. The summed E-state index contributed by atoms with van der Waals surface area (Å²) < 4.78 is 0. The molecular formula is C17H18N2. The van der Waals surface area contributed by atoms with Gasteiger partial charge in [0.15, 0.2) is 0 Å². The molecule has 3 rings (SSSR count). The van der Waals surface area contributed by atoms with E-state index < -0.39 is 0 Å². The summed E-state index contributed by atoms with van der Waals surface area (Å²) in [4.78, 5) is 3.25. The Balaban J connectivity index is 1.80. The lowest BCUT2D eigenvalue weighted by Crippen LogP contribution is -2.00. The lowest BCUT2D eigenvalue weighted by molar-refractivity contribution is 1.12. The number of benzene rings is 2. The number of aromatic amines is 1. The van der Waals surface area contributed by atoms with Gasteiger partial charge in [-0.3, -0.25) is 0 Å². The molecule has 1 heterocycles. The Kier molecular flexibility index (Phi) is 3.23. The molecule has 0 aliphatic heterocycles. The zero-order valence-electron chi connectivity index (χ0n) is 11.1. The molecule has 0 saturated carbocycles. The van der Waals surface area contributed by atoms with Gasteiger partial charge >= 0.3 is 0 Å². The van der Waals surface area contributed by atoms with Crippen LogP contribution < -0.4 is 5.32 Å². The molecule has 0 aliphatic rings. The Morgan fingerprint density at radius 2 is 1.95 bits per heavy atom. The maximum absolute atomic E-state index is 3.50. The van der Waals surface area contributed by atoms with Crippen LogP contribution in [0.3, 0.4) is 0 Å². The molecule has 2 nitrogen and oxygen atoms in total. The summed E-state index contributed by atoms with van der Waals surface area (Å²) in [7, 11) is 0. The summed E-state index contributed by atoms with van der Waals surface area (Å²) in [6.07, 6.45) is 3.06. The summed E-state index contributed by atoms with van der Waals surface area (Å²) in [6.45, 7) is 3.03. The monoisotopic (exact) mass is 250 g/mol. The van der Waals surface area contributed by atoms with Crippen LogP contribution >= 0.6 is 0 Å². The van der Waals surface area contributed by atoms with Gasteiger partial charge in [0.2, 0.25) is 0 Å². The lowest BCUT2D eigenvalue weighted by Gasteiger charge is -2.09. The van der Waals surface area contributed by atoms with Gasteiger partial charge in [0, 0.05) is 29.3 Å². The Bertz CT molecular complexity index is 682. The number of H-pyrrole nitrogens is 1. The van der Waals surface area contributed by atoms with Crippen LogP contribution in [-0.2, 0) is 13.0 Å². The number of aromatic nitrogens is 1. The van der Waals surface area contributed by atoms with Crippen LogP contribution in [0.2, 0.25) is 0 Å². The van der Waals surface area contributed by atoms with E-state index >= 15 is 0 Å².